The molecule has 8 nitrogen and oxygen atoms in total. The number of nitrogens with zero attached hydrogens (tertiary/aromatic N) is 6. The third-order valence-electron chi connectivity index (χ3n) is 19.3. The Morgan fingerprint density at radius 1 is 0.167 bits per heavy atom. The zero-order valence-electron chi connectivity index (χ0n) is 54.8. The van der Waals surface area contributed by atoms with E-state index in [-0.39, 0.29) is 0 Å². The Balaban J connectivity index is 1.13. The van der Waals surface area contributed by atoms with Gasteiger partial charge in [0.1, 0.15) is 22.6 Å². The van der Waals surface area contributed by atoms with Crippen molar-refractivity contribution < 1.29 is 0 Å². The summed E-state index contributed by atoms with van der Waals surface area (Å²) in [5.74, 6) is 2.03. The second kappa shape index (κ2) is 22.9. The molecule has 2 aliphatic heterocycles. The minimum Gasteiger partial charge on any atom is -0.324 e. The number of aromatic amines is 2. The van der Waals surface area contributed by atoms with Gasteiger partial charge in [-0.05, 0) is 144 Å². The van der Waals surface area contributed by atoms with Gasteiger partial charge in [0.15, 0.2) is 23.3 Å². The third kappa shape index (κ3) is 10.00. The van der Waals surface area contributed by atoms with Crippen molar-refractivity contribution in [2.75, 3.05) is 0 Å². The standard InChI is InChI=1S/C88H66N8/c1-49-9-25-57(26-10-49)65-41-42-66(58-27-11-50(2)12-28-58)74-73(65)81-89-82(74)94-84-77-69(61-33-17-53(5)18-34-61)45-46-70(62-35-19-54(6)20-36-62)78(77)86(91-84)96-88-80-72(64-39-23-56(8)24-40-64)48-47-71(63-37-21-55(7)22-38-63)79(80)87(92-88)95-85-76-68(60-31-15-52(4)16-32-60)44-43-67(75(76)83(90-85)93-81)59-29-13-51(3)14-30-59/h9-48H,1-8H3,(H2,89,90,91,92,93,94,95,96). The van der Waals surface area contributed by atoms with Crippen LogP contribution in [0, 0.1) is 55.4 Å². The van der Waals surface area contributed by atoms with Gasteiger partial charge in [0.25, 0.3) is 0 Å². The van der Waals surface area contributed by atoms with Crippen LogP contribution in [0.15, 0.2) is 243 Å². The van der Waals surface area contributed by atoms with E-state index in [1.165, 1.54) is 22.3 Å². The van der Waals surface area contributed by atoms with Crippen molar-refractivity contribution >= 4 is 44.1 Å². The molecule has 12 aromatic carbocycles. The van der Waals surface area contributed by atoms with E-state index in [0.717, 1.165) is 155 Å². The molecular formula is C88H66N8. The summed E-state index contributed by atoms with van der Waals surface area (Å²) in [4.78, 5) is 43.6. The first-order valence-corrected chi connectivity index (χ1v) is 32.9. The fourth-order valence-corrected chi connectivity index (χ4v) is 14.1. The van der Waals surface area contributed by atoms with Gasteiger partial charge in [0.05, 0.1) is 0 Å². The topological polar surface area (TPSA) is 109 Å². The molecule has 458 valence electrons. The number of hydrogen-bond donors (Lipinski definition) is 2. The van der Waals surface area contributed by atoms with E-state index in [1.54, 1.807) is 0 Å². The van der Waals surface area contributed by atoms with Gasteiger partial charge in [0, 0.05) is 43.8 Å². The highest BCUT2D eigenvalue weighted by Gasteiger charge is 2.32. The molecule has 0 fully saturated rings. The van der Waals surface area contributed by atoms with Gasteiger partial charge >= 0.3 is 0 Å². The predicted molar refractivity (Wildman–Crippen MR) is 397 cm³/mol. The van der Waals surface area contributed by atoms with E-state index in [9.17, 15) is 0 Å². The van der Waals surface area contributed by atoms with E-state index in [0.29, 0.717) is 45.9 Å². The van der Waals surface area contributed by atoms with Crippen LogP contribution in [0.1, 0.15) is 44.5 Å². The summed E-state index contributed by atoms with van der Waals surface area (Å²) in [6.07, 6.45) is 0. The Morgan fingerprint density at radius 3 is 0.479 bits per heavy atom. The van der Waals surface area contributed by atoms with E-state index < -0.39 is 0 Å². The molecule has 96 heavy (non-hydrogen) atoms. The largest absolute Gasteiger partial charge is 0.324 e. The van der Waals surface area contributed by atoms with Crippen molar-refractivity contribution in [3.8, 4) is 135 Å². The Labute approximate surface area is 557 Å². The summed E-state index contributed by atoms with van der Waals surface area (Å²) in [7, 11) is 0. The van der Waals surface area contributed by atoms with E-state index in [4.69, 9.17) is 29.9 Å². The average molecular weight is 1240 g/mol. The van der Waals surface area contributed by atoms with Crippen molar-refractivity contribution in [2.45, 2.75) is 55.4 Å². The summed E-state index contributed by atoms with van der Waals surface area (Å²) in [6, 6.07) is 88.1. The van der Waals surface area contributed by atoms with Gasteiger partial charge in [-0.25, -0.2) is 29.9 Å². The molecule has 0 saturated heterocycles. The van der Waals surface area contributed by atoms with Crippen LogP contribution < -0.4 is 0 Å². The second-order valence-corrected chi connectivity index (χ2v) is 26.2. The fourth-order valence-electron chi connectivity index (χ4n) is 14.1. The van der Waals surface area contributed by atoms with E-state index in [2.05, 4.69) is 308 Å². The van der Waals surface area contributed by atoms with Gasteiger partial charge < -0.3 is 9.97 Å². The maximum absolute atomic E-state index is 5.99. The van der Waals surface area contributed by atoms with Crippen molar-refractivity contribution in [1.82, 2.24) is 39.9 Å². The van der Waals surface area contributed by atoms with Crippen molar-refractivity contribution in [3.63, 3.8) is 0 Å². The lowest BCUT2D eigenvalue weighted by Gasteiger charge is -2.14. The predicted octanol–water partition coefficient (Wildman–Crippen LogP) is 22.7. The van der Waals surface area contributed by atoms with Gasteiger partial charge in [-0.15, -0.1) is 0 Å². The fraction of sp³-hybridized carbons (Fsp3) is 0.0909. The number of aromatic nitrogens is 8. The molecule has 0 radical (unpaired) electrons. The molecule has 2 N–H and O–H groups in total. The van der Waals surface area contributed by atoms with Crippen LogP contribution >= 0.6 is 0 Å². The summed E-state index contributed by atoms with van der Waals surface area (Å²) in [5.41, 5.74) is 31.4. The van der Waals surface area contributed by atoms with Crippen LogP contribution in [-0.4, -0.2) is 39.9 Å². The molecule has 0 aliphatic carbocycles. The monoisotopic (exact) mass is 1230 g/mol. The Kier molecular flexibility index (Phi) is 13.8. The number of benzene rings is 12. The van der Waals surface area contributed by atoms with Crippen molar-refractivity contribution in [1.29, 1.82) is 0 Å². The highest BCUT2D eigenvalue weighted by Crippen LogP contribution is 2.51. The number of H-pyrrole nitrogens is 2. The Hall–Kier alpha value is -12.0. The average Bonchev–Trinajstić information content (AvgIpc) is 1.57. The summed E-state index contributed by atoms with van der Waals surface area (Å²) in [6.45, 7) is 17.0. The van der Waals surface area contributed by atoms with E-state index in [1.807, 2.05) is 0 Å². The van der Waals surface area contributed by atoms with Gasteiger partial charge in [-0.3, -0.25) is 0 Å². The Bertz CT molecular complexity index is 5110. The molecular weight excluding hydrogens is 1170 g/mol. The highest BCUT2D eigenvalue weighted by molar-refractivity contribution is 6.20. The third-order valence-corrected chi connectivity index (χ3v) is 19.3. The van der Waals surface area contributed by atoms with Crippen LogP contribution in [0.4, 0.5) is 0 Å². The summed E-state index contributed by atoms with van der Waals surface area (Å²) in [5, 5.41) is 3.58. The first kappa shape index (κ1) is 57.9. The molecule has 5 heterocycles. The zero-order valence-corrected chi connectivity index (χ0v) is 54.8. The van der Waals surface area contributed by atoms with Crippen LogP contribution in [0.3, 0.4) is 0 Å². The molecule has 8 bridgehead atoms. The smallest absolute Gasteiger partial charge is 0.165 e. The molecule has 0 saturated carbocycles. The van der Waals surface area contributed by atoms with Crippen LogP contribution in [0.5, 0.6) is 0 Å². The molecule has 0 atom stereocenters. The van der Waals surface area contributed by atoms with Crippen LogP contribution in [0.25, 0.3) is 179 Å². The summed E-state index contributed by atoms with van der Waals surface area (Å²) >= 11 is 0. The highest BCUT2D eigenvalue weighted by atomic mass is 15.1. The molecule has 0 amide bonds. The lowest BCUT2D eigenvalue weighted by Crippen LogP contribution is -1.92. The molecule has 0 spiro atoms. The minimum atomic E-state index is 0.508. The van der Waals surface area contributed by atoms with Gasteiger partial charge in [-0.2, -0.15) is 0 Å². The molecule has 0 unspecified atom stereocenters. The zero-order chi connectivity index (χ0) is 65.0. The lowest BCUT2D eigenvalue weighted by atomic mass is 9.89. The number of aryl methyl sites for hydroxylation is 8. The quantitative estimate of drug-likeness (QED) is 0.157. The number of fused-ring (bicyclic) bond motifs is 20. The van der Waals surface area contributed by atoms with Crippen molar-refractivity contribution in [2.24, 2.45) is 0 Å². The maximum Gasteiger partial charge on any atom is 0.165 e. The Morgan fingerprint density at radius 2 is 0.312 bits per heavy atom. The lowest BCUT2D eigenvalue weighted by molar-refractivity contribution is 1.19. The van der Waals surface area contributed by atoms with Crippen LogP contribution in [0.2, 0.25) is 0 Å². The number of rotatable bonds is 8. The minimum absolute atomic E-state index is 0.508. The molecule has 8 heteroatoms. The first-order valence-electron chi connectivity index (χ1n) is 32.9. The van der Waals surface area contributed by atoms with E-state index >= 15 is 0 Å². The first-order chi connectivity index (χ1) is 46.8. The molecule has 15 aromatic rings. The van der Waals surface area contributed by atoms with Crippen molar-refractivity contribution in [3.05, 3.63) is 287 Å². The maximum atomic E-state index is 5.99. The number of hydrogen-bond acceptors (Lipinski definition) is 6. The number of nitrogens with one attached hydrogen (secondary N) is 2. The molecule has 3 aromatic heterocycles. The second-order valence-electron chi connectivity index (χ2n) is 26.2. The molecule has 17 rings (SSSR count). The SMILES string of the molecule is Cc1ccc(-c2ccc(-c3ccc(C)cc3)c3c2-c2nc-3nc3[nH]c(nc4nc(nc5[nH]c(n2)c2c(-c6ccc(C)cc6)ccc(-c6ccc(C)cc6)c52)-c2c(-c5ccc(C)cc5)ccc(-c5ccc(C)cc5)c2-4)c2c(-c4ccc(C)cc4)ccc(-c4ccc(C)cc4)c32)cc1. The van der Waals surface area contributed by atoms with Gasteiger partial charge in [-0.1, -0.05) is 287 Å². The van der Waals surface area contributed by atoms with Gasteiger partial charge in [0.2, 0.25) is 0 Å². The normalized spacial score (nSPS) is 11.8. The molecule has 2 aliphatic rings. The van der Waals surface area contributed by atoms with Crippen LogP contribution in [-0.2, 0) is 0 Å². The summed E-state index contributed by atoms with van der Waals surface area (Å²) < 4.78 is 0.